The molecule has 0 aliphatic carbocycles. The van der Waals surface area contributed by atoms with Crippen molar-refractivity contribution in [1.82, 2.24) is 9.80 Å². The van der Waals surface area contributed by atoms with Crippen LogP contribution in [0.2, 0.25) is 0 Å². The summed E-state index contributed by atoms with van der Waals surface area (Å²) in [6, 6.07) is -0.210. The summed E-state index contributed by atoms with van der Waals surface area (Å²) in [5.74, 6) is -1.81. The fourth-order valence-electron chi connectivity index (χ4n) is 3.99. The highest BCUT2D eigenvalue weighted by atomic mass is 16.4. The van der Waals surface area contributed by atoms with Gasteiger partial charge >= 0.3 is 11.9 Å². The SMILES string of the molecule is C[C@@H](O)[C@H]1C(=O)[N+]2=C(C(=O)O)C(=C3CN(C)CN(C)C3)C[C@H]12. The van der Waals surface area contributed by atoms with Gasteiger partial charge in [-0.05, 0) is 26.6 Å². The Morgan fingerprint density at radius 1 is 1.32 bits per heavy atom. The van der Waals surface area contributed by atoms with Crippen LogP contribution in [0, 0.1) is 5.92 Å². The van der Waals surface area contributed by atoms with Crippen LogP contribution in [0.1, 0.15) is 13.3 Å². The molecule has 0 saturated carbocycles. The number of β-lactam (4-membered cyclic amide) rings is 1. The average Bonchev–Trinajstić information content (AvgIpc) is 2.72. The summed E-state index contributed by atoms with van der Waals surface area (Å²) >= 11 is 0. The van der Waals surface area contributed by atoms with Gasteiger partial charge in [0.15, 0.2) is 12.0 Å². The monoisotopic (exact) mass is 308 g/mol. The zero-order valence-corrected chi connectivity index (χ0v) is 13.1. The number of rotatable bonds is 2. The number of likely N-dealkylation sites (N-methyl/N-ethyl adjacent to an activating group) is 2. The third kappa shape index (κ3) is 2.20. The minimum Gasteiger partial charge on any atom is -0.473 e. The number of aliphatic hydroxyl groups is 1. The van der Waals surface area contributed by atoms with Gasteiger partial charge in [0.2, 0.25) is 0 Å². The zero-order valence-electron chi connectivity index (χ0n) is 13.1. The van der Waals surface area contributed by atoms with Crippen LogP contribution < -0.4 is 0 Å². The summed E-state index contributed by atoms with van der Waals surface area (Å²) in [5.41, 5.74) is 1.94. The number of carbonyl (C=O) groups excluding carboxylic acids is 1. The third-order valence-corrected chi connectivity index (χ3v) is 4.76. The third-order valence-electron chi connectivity index (χ3n) is 4.76. The van der Waals surface area contributed by atoms with E-state index in [9.17, 15) is 19.8 Å². The second kappa shape index (κ2) is 5.26. The Kier molecular flexibility index (Phi) is 3.66. The predicted molar refractivity (Wildman–Crippen MR) is 78.6 cm³/mol. The molecule has 0 unspecified atom stereocenters. The van der Waals surface area contributed by atoms with Gasteiger partial charge in [-0.2, -0.15) is 4.58 Å². The van der Waals surface area contributed by atoms with Crippen molar-refractivity contribution in [1.29, 1.82) is 0 Å². The maximum absolute atomic E-state index is 12.2. The van der Waals surface area contributed by atoms with Crippen molar-refractivity contribution in [2.45, 2.75) is 25.5 Å². The van der Waals surface area contributed by atoms with E-state index in [0.717, 1.165) is 17.8 Å². The molecule has 120 valence electrons. The molecule has 0 aromatic heterocycles. The van der Waals surface area contributed by atoms with Crippen molar-refractivity contribution >= 4 is 17.6 Å². The number of fused-ring (bicyclic) bond motifs is 1. The van der Waals surface area contributed by atoms with E-state index in [-0.39, 0.29) is 17.7 Å². The van der Waals surface area contributed by atoms with Crippen LogP contribution in [0.15, 0.2) is 11.1 Å². The Balaban J connectivity index is 2.02. The van der Waals surface area contributed by atoms with Crippen molar-refractivity contribution < 1.29 is 24.4 Å². The van der Waals surface area contributed by atoms with Crippen LogP contribution in [0.5, 0.6) is 0 Å². The van der Waals surface area contributed by atoms with E-state index >= 15 is 0 Å². The molecule has 2 N–H and O–H groups in total. The lowest BCUT2D eigenvalue weighted by molar-refractivity contribution is -0.544. The lowest BCUT2D eigenvalue weighted by Gasteiger charge is -2.33. The van der Waals surface area contributed by atoms with Crippen molar-refractivity contribution in [3.63, 3.8) is 0 Å². The molecule has 2 saturated heterocycles. The molecule has 7 heteroatoms. The summed E-state index contributed by atoms with van der Waals surface area (Å²) in [6.07, 6.45) is -0.218. The Morgan fingerprint density at radius 3 is 2.41 bits per heavy atom. The second-order valence-electron chi connectivity index (χ2n) is 6.65. The normalized spacial score (nSPS) is 31.4. The minimum absolute atomic E-state index is 0.116. The Bertz CT molecular complexity index is 596. The molecule has 2 fully saturated rings. The molecule has 0 aromatic carbocycles. The van der Waals surface area contributed by atoms with Gasteiger partial charge in [-0.3, -0.25) is 9.80 Å². The van der Waals surface area contributed by atoms with Gasteiger partial charge < -0.3 is 10.2 Å². The van der Waals surface area contributed by atoms with E-state index < -0.39 is 18.0 Å². The fraction of sp³-hybridized carbons (Fsp3) is 0.667. The zero-order chi connectivity index (χ0) is 16.2. The molecule has 0 aromatic rings. The van der Waals surface area contributed by atoms with Gasteiger partial charge in [-0.25, -0.2) is 9.59 Å². The molecular formula is C15H22N3O4+. The standard InChI is InChI=1S/C15H21N3O4/c1-8(19)12-11-4-10(9-5-16(2)7-17(3)6-9)13(15(21)22)18(11)14(12)20/h8,11-12,19H,4-7H2,1-3H3/p+1/t8-,11-,12-/m1/s1. The van der Waals surface area contributed by atoms with Crippen molar-refractivity contribution in [2.24, 2.45) is 5.92 Å². The summed E-state index contributed by atoms with van der Waals surface area (Å²) < 4.78 is 1.37. The minimum atomic E-state index is -1.06. The van der Waals surface area contributed by atoms with Gasteiger partial charge in [0.25, 0.3) is 5.71 Å². The number of aliphatic hydroxyl groups excluding tert-OH is 1. The molecular weight excluding hydrogens is 286 g/mol. The van der Waals surface area contributed by atoms with Crippen LogP contribution in [-0.2, 0) is 9.59 Å². The van der Waals surface area contributed by atoms with Gasteiger partial charge in [0.1, 0.15) is 0 Å². The number of nitrogens with zero attached hydrogens (tertiary/aromatic N) is 3. The first-order valence-electron chi connectivity index (χ1n) is 7.51. The van der Waals surface area contributed by atoms with Gasteiger partial charge in [-0.1, -0.05) is 0 Å². The van der Waals surface area contributed by atoms with E-state index in [1.807, 2.05) is 14.1 Å². The highest BCUT2D eigenvalue weighted by Gasteiger charge is 2.64. The predicted octanol–water partition coefficient (Wildman–Crippen LogP) is -1.03. The second-order valence-corrected chi connectivity index (χ2v) is 6.65. The summed E-state index contributed by atoms with van der Waals surface area (Å²) in [5, 5.41) is 19.3. The van der Waals surface area contributed by atoms with Gasteiger partial charge in [0, 0.05) is 25.1 Å². The number of carboxylic acid groups (broad SMARTS) is 1. The van der Waals surface area contributed by atoms with Crippen molar-refractivity contribution in [3.8, 4) is 0 Å². The molecule has 3 aliphatic heterocycles. The van der Waals surface area contributed by atoms with E-state index in [2.05, 4.69) is 9.80 Å². The first kappa shape index (κ1) is 15.3. The number of amides is 1. The molecule has 0 spiro atoms. The van der Waals surface area contributed by atoms with Crippen molar-refractivity contribution in [3.05, 3.63) is 11.1 Å². The lowest BCUT2D eigenvalue weighted by atomic mass is 9.83. The number of carboxylic acids is 1. The number of hydrogen-bond donors (Lipinski definition) is 2. The maximum atomic E-state index is 12.2. The number of hydrogen-bond acceptors (Lipinski definition) is 5. The maximum Gasteiger partial charge on any atom is 0.401 e. The van der Waals surface area contributed by atoms with E-state index in [1.54, 1.807) is 6.92 Å². The topological polar surface area (TPSA) is 84.1 Å². The van der Waals surface area contributed by atoms with Gasteiger partial charge in [0.05, 0.1) is 12.8 Å². The molecule has 1 amide bonds. The van der Waals surface area contributed by atoms with Crippen LogP contribution in [0.4, 0.5) is 0 Å². The summed E-state index contributed by atoms with van der Waals surface area (Å²) in [4.78, 5) is 28.1. The van der Waals surface area contributed by atoms with Crippen LogP contribution >= 0.6 is 0 Å². The lowest BCUT2D eigenvalue weighted by Crippen LogP contribution is -2.58. The number of aliphatic carboxylic acids is 1. The molecule has 3 heterocycles. The first-order chi connectivity index (χ1) is 10.3. The Hall–Kier alpha value is -1.57. The molecule has 3 atom stereocenters. The highest BCUT2D eigenvalue weighted by molar-refractivity contribution is 6.42. The Morgan fingerprint density at radius 2 is 1.91 bits per heavy atom. The van der Waals surface area contributed by atoms with Gasteiger partial charge in [-0.15, -0.1) is 0 Å². The summed E-state index contributed by atoms with van der Waals surface area (Å²) in [7, 11) is 3.98. The summed E-state index contributed by atoms with van der Waals surface area (Å²) in [6.45, 7) is 3.85. The molecule has 0 bridgehead atoms. The average molecular weight is 308 g/mol. The quantitative estimate of drug-likeness (QED) is 0.501. The molecule has 3 rings (SSSR count). The number of carbonyl (C=O) groups is 2. The smallest absolute Gasteiger partial charge is 0.401 e. The fourth-order valence-corrected chi connectivity index (χ4v) is 3.99. The van der Waals surface area contributed by atoms with E-state index in [4.69, 9.17) is 0 Å². The van der Waals surface area contributed by atoms with Crippen LogP contribution in [0.25, 0.3) is 0 Å². The highest BCUT2D eigenvalue weighted by Crippen LogP contribution is 2.38. The van der Waals surface area contributed by atoms with Crippen LogP contribution in [-0.4, -0.2) is 88.2 Å². The molecule has 3 aliphatic rings. The van der Waals surface area contributed by atoms with E-state index in [0.29, 0.717) is 19.5 Å². The molecule has 22 heavy (non-hydrogen) atoms. The Labute approximate surface area is 129 Å². The largest absolute Gasteiger partial charge is 0.473 e. The van der Waals surface area contributed by atoms with Crippen LogP contribution in [0.3, 0.4) is 0 Å². The first-order valence-corrected chi connectivity index (χ1v) is 7.51. The van der Waals surface area contributed by atoms with Crippen molar-refractivity contribution in [2.75, 3.05) is 33.9 Å². The van der Waals surface area contributed by atoms with E-state index in [1.165, 1.54) is 4.58 Å². The molecule has 7 nitrogen and oxygen atoms in total. The molecule has 0 radical (unpaired) electrons.